The molecule has 8 heteroatoms. The van der Waals surface area contributed by atoms with Crippen LogP contribution in [0.2, 0.25) is 0 Å². The van der Waals surface area contributed by atoms with Crippen molar-refractivity contribution in [2.45, 2.75) is 29.6 Å². The predicted molar refractivity (Wildman–Crippen MR) is 116 cm³/mol. The molecule has 1 aliphatic rings. The second-order valence-electron chi connectivity index (χ2n) is 7.81. The molecule has 1 nitrogen and oxygen atoms in total. The van der Waals surface area contributed by atoms with E-state index in [1.165, 1.54) is 17.8 Å². The summed E-state index contributed by atoms with van der Waals surface area (Å²) in [7, 11) is 0. The Bertz CT molecular complexity index is 1120. The van der Waals surface area contributed by atoms with E-state index >= 15 is 0 Å². The summed E-state index contributed by atoms with van der Waals surface area (Å²) >= 11 is 1.41. The number of thioether (sulfide) groups is 1. The summed E-state index contributed by atoms with van der Waals surface area (Å²) in [5, 5.41) is 11.2. The molecule has 0 saturated carbocycles. The van der Waals surface area contributed by atoms with E-state index in [0.717, 1.165) is 5.56 Å². The van der Waals surface area contributed by atoms with E-state index in [1.807, 2.05) is 12.1 Å². The molecule has 1 aliphatic heterocycles. The number of halogens is 6. The van der Waals surface area contributed by atoms with Gasteiger partial charge in [-0.05, 0) is 41.0 Å². The maximum atomic E-state index is 13.4. The highest BCUT2D eigenvalue weighted by atomic mass is 32.2. The molecule has 4 rings (SSSR count). The van der Waals surface area contributed by atoms with Crippen LogP contribution in [0.15, 0.2) is 84.9 Å². The fraction of sp³-hybridized carbons (Fsp3) is 0.200. The largest absolute Gasteiger partial charge is 0.416 e. The Morgan fingerprint density at radius 2 is 1.27 bits per heavy atom. The molecule has 0 aromatic heterocycles. The van der Waals surface area contributed by atoms with Crippen LogP contribution >= 0.6 is 11.8 Å². The highest BCUT2D eigenvalue weighted by Gasteiger charge is 2.42. The highest BCUT2D eigenvalue weighted by molar-refractivity contribution is 8.08. The minimum absolute atomic E-state index is 0.0704. The van der Waals surface area contributed by atoms with E-state index < -0.39 is 34.6 Å². The van der Waals surface area contributed by atoms with E-state index in [0.29, 0.717) is 22.6 Å². The standard InChI is InChI=1S/C25H18F6OS/c26-24(27,28)19-11-18(12-20(13-19)25(29,30)31)23(32)14-21(16-7-3-1-4-8-16)33-22(15-23)17-9-5-2-6-10-17/h1-14,22,32H,15H2. The van der Waals surface area contributed by atoms with Crippen molar-refractivity contribution in [2.75, 3.05) is 0 Å². The van der Waals surface area contributed by atoms with Gasteiger partial charge in [-0.15, -0.1) is 11.8 Å². The van der Waals surface area contributed by atoms with Crippen LogP contribution in [0, 0.1) is 0 Å². The van der Waals surface area contributed by atoms with Crippen LogP contribution in [0.1, 0.15) is 39.5 Å². The van der Waals surface area contributed by atoms with Crippen molar-refractivity contribution in [1.29, 1.82) is 0 Å². The third-order valence-corrected chi connectivity index (χ3v) is 6.78. The smallest absolute Gasteiger partial charge is 0.381 e. The predicted octanol–water partition coefficient (Wildman–Crippen LogP) is 7.83. The van der Waals surface area contributed by atoms with Crippen molar-refractivity contribution in [2.24, 2.45) is 0 Å². The molecule has 0 saturated heterocycles. The van der Waals surface area contributed by atoms with Crippen molar-refractivity contribution in [3.05, 3.63) is 113 Å². The van der Waals surface area contributed by atoms with Crippen molar-refractivity contribution in [3.63, 3.8) is 0 Å². The van der Waals surface area contributed by atoms with Crippen LogP contribution in [0.25, 0.3) is 4.91 Å². The number of benzene rings is 3. The summed E-state index contributed by atoms with van der Waals surface area (Å²) in [6, 6.07) is 19.2. The van der Waals surface area contributed by atoms with E-state index in [1.54, 1.807) is 48.5 Å². The van der Waals surface area contributed by atoms with Crippen LogP contribution in [-0.2, 0) is 18.0 Å². The third kappa shape index (κ3) is 5.12. The quantitative estimate of drug-likeness (QED) is 0.386. The zero-order valence-corrected chi connectivity index (χ0v) is 17.8. The molecule has 0 fully saturated rings. The van der Waals surface area contributed by atoms with Crippen molar-refractivity contribution >= 4 is 16.7 Å². The Balaban J connectivity index is 1.90. The van der Waals surface area contributed by atoms with Crippen LogP contribution < -0.4 is 0 Å². The second-order valence-corrected chi connectivity index (χ2v) is 9.06. The Hall–Kier alpha value is -2.71. The molecule has 1 N–H and O–H groups in total. The molecule has 0 radical (unpaired) electrons. The van der Waals surface area contributed by atoms with Crippen LogP contribution in [0.5, 0.6) is 0 Å². The van der Waals surface area contributed by atoms with Crippen molar-refractivity contribution < 1.29 is 31.4 Å². The average molecular weight is 480 g/mol. The molecule has 0 amide bonds. The van der Waals surface area contributed by atoms with E-state index in [-0.39, 0.29) is 17.7 Å². The fourth-order valence-corrected chi connectivity index (χ4v) is 5.27. The van der Waals surface area contributed by atoms with Gasteiger partial charge in [-0.2, -0.15) is 26.3 Å². The van der Waals surface area contributed by atoms with Gasteiger partial charge in [0.25, 0.3) is 0 Å². The fourth-order valence-electron chi connectivity index (χ4n) is 3.80. The molecular weight excluding hydrogens is 462 g/mol. The molecule has 0 spiro atoms. The molecule has 172 valence electrons. The van der Waals surface area contributed by atoms with Gasteiger partial charge >= 0.3 is 12.4 Å². The van der Waals surface area contributed by atoms with Crippen molar-refractivity contribution in [3.8, 4) is 0 Å². The number of hydrogen-bond donors (Lipinski definition) is 1. The number of alkyl halides is 6. The first-order valence-corrected chi connectivity index (χ1v) is 10.9. The SMILES string of the molecule is OC1(c2cc(C(F)(F)F)cc(C(F)(F)F)c2)C=C(c2ccccc2)SC(c2ccccc2)C1. The lowest BCUT2D eigenvalue weighted by Crippen LogP contribution is -2.29. The van der Waals surface area contributed by atoms with Crippen molar-refractivity contribution in [1.82, 2.24) is 0 Å². The van der Waals surface area contributed by atoms with Gasteiger partial charge in [0.15, 0.2) is 0 Å². The molecule has 2 unspecified atom stereocenters. The first kappa shape index (κ1) is 23.4. The first-order chi connectivity index (χ1) is 15.5. The summed E-state index contributed by atoms with van der Waals surface area (Å²) in [5.74, 6) is 0. The molecular formula is C25H18F6OS. The summed E-state index contributed by atoms with van der Waals surface area (Å²) < 4.78 is 80.7. The minimum Gasteiger partial charge on any atom is -0.381 e. The second kappa shape index (κ2) is 8.57. The zero-order chi connectivity index (χ0) is 23.9. The summed E-state index contributed by atoms with van der Waals surface area (Å²) in [6.45, 7) is 0. The summed E-state index contributed by atoms with van der Waals surface area (Å²) in [6.07, 6.45) is -8.72. The van der Waals surface area contributed by atoms with Crippen LogP contribution in [-0.4, -0.2) is 5.11 Å². The first-order valence-electron chi connectivity index (χ1n) is 9.98. The number of hydrogen-bond acceptors (Lipinski definition) is 2. The number of rotatable bonds is 3. The van der Waals surface area contributed by atoms with Gasteiger partial charge in [-0.3, -0.25) is 0 Å². The van der Waals surface area contributed by atoms with Gasteiger partial charge in [0.2, 0.25) is 0 Å². The maximum absolute atomic E-state index is 13.4. The Morgan fingerprint density at radius 3 is 1.79 bits per heavy atom. The molecule has 3 aromatic rings. The Morgan fingerprint density at radius 1 is 0.758 bits per heavy atom. The molecule has 1 heterocycles. The van der Waals surface area contributed by atoms with E-state index in [9.17, 15) is 31.4 Å². The third-order valence-electron chi connectivity index (χ3n) is 5.45. The van der Waals surface area contributed by atoms with Gasteiger partial charge in [0.1, 0.15) is 5.60 Å². The van der Waals surface area contributed by atoms with Gasteiger partial charge in [0.05, 0.1) is 11.1 Å². The van der Waals surface area contributed by atoms with E-state index in [4.69, 9.17) is 0 Å². The summed E-state index contributed by atoms with van der Waals surface area (Å²) in [5.41, 5.74) is -3.87. The van der Waals surface area contributed by atoms with Gasteiger partial charge in [0, 0.05) is 16.6 Å². The van der Waals surface area contributed by atoms with Gasteiger partial charge < -0.3 is 5.11 Å². The van der Waals surface area contributed by atoms with Crippen LogP contribution in [0.4, 0.5) is 26.3 Å². The normalized spacial score (nSPS) is 21.5. The molecule has 3 aromatic carbocycles. The monoisotopic (exact) mass is 480 g/mol. The Kier molecular flexibility index (Phi) is 6.09. The molecule has 0 bridgehead atoms. The maximum Gasteiger partial charge on any atom is 0.416 e. The average Bonchev–Trinajstić information content (AvgIpc) is 2.78. The Labute approximate surface area is 190 Å². The lowest BCUT2D eigenvalue weighted by molar-refractivity contribution is -0.143. The van der Waals surface area contributed by atoms with E-state index in [2.05, 4.69) is 0 Å². The lowest BCUT2D eigenvalue weighted by atomic mass is 9.84. The minimum atomic E-state index is -5.00. The highest BCUT2D eigenvalue weighted by Crippen LogP contribution is 2.53. The molecule has 33 heavy (non-hydrogen) atoms. The van der Waals surface area contributed by atoms with Gasteiger partial charge in [-0.25, -0.2) is 0 Å². The van der Waals surface area contributed by atoms with Crippen LogP contribution in [0.3, 0.4) is 0 Å². The number of aliphatic hydroxyl groups is 1. The van der Waals surface area contributed by atoms with Gasteiger partial charge in [-0.1, -0.05) is 60.7 Å². The molecule has 0 aliphatic carbocycles. The lowest BCUT2D eigenvalue weighted by Gasteiger charge is -2.36. The topological polar surface area (TPSA) is 20.2 Å². The summed E-state index contributed by atoms with van der Waals surface area (Å²) in [4.78, 5) is 0.573. The molecule has 2 atom stereocenters. The zero-order valence-electron chi connectivity index (χ0n) is 17.0.